The van der Waals surface area contributed by atoms with Gasteiger partial charge < -0.3 is 15.1 Å². The van der Waals surface area contributed by atoms with Gasteiger partial charge in [-0.25, -0.2) is 0 Å². The number of rotatable bonds is 5. The third-order valence-electron chi connectivity index (χ3n) is 5.09. The van der Waals surface area contributed by atoms with Gasteiger partial charge in [-0.1, -0.05) is 0 Å². The average molecular weight is 344 g/mol. The SMILES string of the molecule is CC(=O)N1CCN(CCC(=O)Nc2ccc(N3CCCC3)cc2)CC1. The van der Waals surface area contributed by atoms with Crippen molar-refractivity contribution in [3.05, 3.63) is 24.3 Å². The van der Waals surface area contributed by atoms with Crippen molar-refractivity contribution in [1.82, 2.24) is 9.80 Å². The molecule has 2 fully saturated rings. The molecule has 0 saturated carbocycles. The molecule has 1 N–H and O–H groups in total. The van der Waals surface area contributed by atoms with Crippen LogP contribution in [-0.2, 0) is 9.59 Å². The Balaban J connectivity index is 1.40. The van der Waals surface area contributed by atoms with Crippen LogP contribution < -0.4 is 10.2 Å². The summed E-state index contributed by atoms with van der Waals surface area (Å²) in [4.78, 5) is 30.0. The Bertz CT molecular complexity index is 588. The molecular weight excluding hydrogens is 316 g/mol. The van der Waals surface area contributed by atoms with Crippen LogP contribution in [0.15, 0.2) is 24.3 Å². The van der Waals surface area contributed by atoms with Crippen molar-refractivity contribution < 1.29 is 9.59 Å². The Labute approximate surface area is 149 Å². The van der Waals surface area contributed by atoms with E-state index in [0.29, 0.717) is 6.42 Å². The first kappa shape index (κ1) is 17.7. The lowest BCUT2D eigenvalue weighted by Gasteiger charge is -2.34. The van der Waals surface area contributed by atoms with Crippen LogP contribution in [0.5, 0.6) is 0 Å². The van der Waals surface area contributed by atoms with Gasteiger partial charge in [0.05, 0.1) is 0 Å². The summed E-state index contributed by atoms with van der Waals surface area (Å²) in [5, 5.41) is 2.98. The van der Waals surface area contributed by atoms with Crippen LogP contribution in [0.4, 0.5) is 11.4 Å². The maximum atomic E-state index is 12.2. The summed E-state index contributed by atoms with van der Waals surface area (Å²) < 4.78 is 0. The normalized spacial score (nSPS) is 18.4. The van der Waals surface area contributed by atoms with E-state index in [1.165, 1.54) is 18.5 Å². The minimum absolute atomic E-state index is 0.0444. The molecule has 0 radical (unpaired) electrons. The first-order valence-electron chi connectivity index (χ1n) is 9.24. The Kier molecular flexibility index (Phi) is 5.91. The lowest BCUT2D eigenvalue weighted by Crippen LogP contribution is -2.48. The smallest absolute Gasteiger partial charge is 0.225 e. The largest absolute Gasteiger partial charge is 0.372 e. The summed E-state index contributed by atoms with van der Waals surface area (Å²) in [7, 11) is 0. The van der Waals surface area contributed by atoms with Crippen LogP contribution in [0, 0.1) is 0 Å². The molecule has 2 aliphatic heterocycles. The minimum atomic E-state index is 0.0444. The number of piperazine rings is 1. The zero-order valence-electron chi connectivity index (χ0n) is 15.0. The van der Waals surface area contributed by atoms with Gasteiger partial charge in [-0.05, 0) is 37.1 Å². The molecular formula is C19H28N4O2. The third-order valence-corrected chi connectivity index (χ3v) is 5.09. The maximum Gasteiger partial charge on any atom is 0.225 e. The zero-order chi connectivity index (χ0) is 17.6. The molecule has 2 saturated heterocycles. The number of nitrogens with one attached hydrogen (secondary N) is 1. The van der Waals surface area contributed by atoms with Crippen molar-refractivity contribution in [1.29, 1.82) is 0 Å². The summed E-state index contributed by atoms with van der Waals surface area (Å²) in [5.41, 5.74) is 2.09. The van der Waals surface area contributed by atoms with Crippen LogP contribution in [0.2, 0.25) is 0 Å². The molecule has 0 spiro atoms. The molecule has 6 nitrogen and oxygen atoms in total. The Hall–Kier alpha value is -2.08. The van der Waals surface area contributed by atoms with E-state index in [1.807, 2.05) is 17.0 Å². The van der Waals surface area contributed by atoms with Crippen LogP contribution >= 0.6 is 0 Å². The molecule has 0 unspecified atom stereocenters. The van der Waals surface area contributed by atoms with Crippen LogP contribution in [0.1, 0.15) is 26.2 Å². The van der Waals surface area contributed by atoms with Gasteiger partial charge in [0.15, 0.2) is 0 Å². The number of anilines is 2. The lowest BCUT2D eigenvalue weighted by atomic mass is 10.2. The van der Waals surface area contributed by atoms with Crippen molar-refractivity contribution in [3.63, 3.8) is 0 Å². The van der Waals surface area contributed by atoms with Gasteiger partial charge in [0.25, 0.3) is 0 Å². The lowest BCUT2D eigenvalue weighted by molar-refractivity contribution is -0.130. The van der Waals surface area contributed by atoms with E-state index >= 15 is 0 Å². The number of nitrogens with zero attached hydrogens (tertiary/aromatic N) is 3. The molecule has 2 aliphatic rings. The van der Waals surface area contributed by atoms with Gasteiger partial charge in [-0.3, -0.25) is 14.5 Å². The molecule has 0 aliphatic carbocycles. The molecule has 0 aromatic heterocycles. The molecule has 6 heteroatoms. The Morgan fingerprint density at radius 2 is 1.60 bits per heavy atom. The highest BCUT2D eigenvalue weighted by Gasteiger charge is 2.19. The van der Waals surface area contributed by atoms with Gasteiger partial charge in [-0.2, -0.15) is 0 Å². The van der Waals surface area contributed by atoms with Crippen molar-refractivity contribution in [3.8, 4) is 0 Å². The second-order valence-electron chi connectivity index (χ2n) is 6.89. The Morgan fingerprint density at radius 1 is 0.960 bits per heavy atom. The molecule has 1 aromatic carbocycles. The van der Waals surface area contributed by atoms with Gasteiger partial charge in [0.1, 0.15) is 0 Å². The molecule has 2 amide bonds. The van der Waals surface area contributed by atoms with Crippen LogP contribution in [-0.4, -0.2) is 67.4 Å². The van der Waals surface area contributed by atoms with E-state index in [0.717, 1.165) is 51.5 Å². The quantitative estimate of drug-likeness (QED) is 0.885. The van der Waals surface area contributed by atoms with Gasteiger partial charge in [-0.15, -0.1) is 0 Å². The van der Waals surface area contributed by atoms with Gasteiger partial charge in [0, 0.05) is 70.5 Å². The predicted octanol–water partition coefficient (Wildman–Crippen LogP) is 1.78. The topological polar surface area (TPSA) is 55.9 Å². The first-order valence-corrected chi connectivity index (χ1v) is 9.24. The predicted molar refractivity (Wildman–Crippen MR) is 99.8 cm³/mol. The fourth-order valence-electron chi connectivity index (χ4n) is 3.50. The van der Waals surface area contributed by atoms with Gasteiger partial charge >= 0.3 is 0 Å². The molecule has 136 valence electrons. The number of hydrogen-bond acceptors (Lipinski definition) is 4. The van der Waals surface area contributed by atoms with E-state index in [4.69, 9.17) is 0 Å². The second kappa shape index (κ2) is 8.34. The molecule has 0 bridgehead atoms. The number of carbonyl (C=O) groups excluding carboxylic acids is 2. The average Bonchev–Trinajstić information content (AvgIpc) is 3.15. The highest BCUT2D eigenvalue weighted by atomic mass is 16.2. The maximum absolute atomic E-state index is 12.2. The summed E-state index contributed by atoms with van der Waals surface area (Å²) in [6.45, 7) is 7.81. The van der Waals surface area contributed by atoms with Crippen molar-refractivity contribution >= 4 is 23.2 Å². The molecule has 3 rings (SSSR count). The van der Waals surface area contributed by atoms with Crippen LogP contribution in [0.3, 0.4) is 0 Å². The molecule has 2 heterocycles. The summed E-state index contributed by atoms with van der Waals surface area (Å²) >= 11 is 0. The van der Waals surface area contributed by atoms with E-state index < -0.39 is 0 Å². The number of carbonyl (C=O) groups is 2. The first-order chi connectivity index (χ1) is 12.1. The van der Waals surface area contributed by atoms with Crippen molar-refractivity contribution in [2.24, 2.45) is 0 Å². The fraction of sp³-hybridized carbons (Fsp3) is 0.579. The zero-order valence-corrected chi connectivity index (χ0v) is 15.0. The summed E-state index contributed by atoms with van der Waals surface area (Å²) in [6, 6.07) is 8.14. The molecule has 0 atom stereocenters. The summed E-state index contributed by atoms with van der Waals surface area (Å²) in [6.07, 6.45) is 3.01. The van der Waals surface area contributed by atoms with E-state index in [-0.39, 0.29) is 11.8 Å². The van der Waals surface area contributed by atoms with E-state index in [2.05, 4.69) is 27.2 Å². The molecule has 1 aromatic rings. The standard InChI is InChI=1S/C19H28N4O2/c1-16(24)22-14-12-21(13-15-22)11-8-19(25)20-17-4-6-18(7-5-17)23-9-2-3-10-23/h4-7H,2-3,8-15H2,1H3,(H,20,25). The minimum Gasteiger partial charge on any atom is -0.372 e. The monoisotopic (exact) mass is 344 g/mol. The second-order valence-corrected chi connectivity index (χ2v) is 6.89. The molecule has 25 heavy (non-hydrogen) atoms. The summed E-state index contributed by atoms with van der Waals surface area (Å²) in [5.74, 6) is 0.178. The number of hydrogen-bond donors (Lipinski definition) is 1. The number of amides is 2. The highest BCUT2D eigenvalue weighted by Crippen LogP contribution is 2.22. The van der Waals surface area contributed by atoms with E-state index in [1.54, 1.807) is 6.92 Å². The number of benzene rings is 1. The van der Waals surface area contributed by atoms with Crippen molar-refractivity contribution in [2.75, 3.05) is 56.0 Å². The highest BCUT2D eigenvalue weighted by molar-refractivity contribution is 5.91. The van der Waals surface area contributed by atoms with E-state index in [9.17, 15) is 9.59 Å². The van der Waals surface area contributed by atoms with Crippen molar-refractivity contribution in [2.45, 2.75) is 26.2 Å². The Morgan fingerprint density at radius 3 is 2.20 bits per heavy atom. The van der Waals surface area contributed by atoms with Crippen LogP contribution in [0.25, 0.3) is 0 Å². The third kappa shape index (κ3) is 4.95. The van der Waals surface area contributed by atoms with Gasteiger partial charge in [0.2, 0.25) is 11.8 Å². The fourth-order valence-corrected chi connectivity index (χ4v) is 3.50.